The topological polar surface area (TPSA) is 29.1 Å². The van der Waals surface area contributed by atoms with Crippen molar-refractivity contribution in [3.63, 3.8) is 0 Å². The molecule has 3 unspecified atom stereocenters. The molecule has 1 aliphatic carbocycles. The highest BCUT2D eigenvalue weighted by Crippen LogP contribution is 2.45. The van der Waals surface area contributed by atoms with E-state index in [2.05, 4.69) is 31.3 Å². The lowest BCUT2D eigenvalue weighted by Crippen LogP contribution is -2.43. The van der Waals surface area contributed by atoms with Gasteiger partial charge in [-0.25, -0.2) is 0 Å². The lowest BCUT2D eigenvalue weighted by atomic mass is 9.78. The Morgan fingerprint density at radius 3 is 2.45 bits per heavy atom. The summed E-state index contributed by atoms with van der Waals surface area (Å²) in [6.07, 6.45) is 3.63. The zero-order chi connectivity index (χ0) is 15.5. The summed E-state index contributed by atoms with van der Waals surface area (Å²) in [4.78, 5) is 12.5. The first-order chi connectivity index (χ1) is 10.6. The molecule has 1 heterocycles. The molecular formula is C18H25NOS2. The smallest absolute Gasteiger partial charge is 0.251 e. The highest BCUT2D eigenvalue weighted by atomic mass is 32.2. The van der Waals surface area contributed by atoms with Gasteiger partial charge in [-0.15, -0.1) is 23.5 Å². The minimum Gasteiger partial charge on any atom is -0.349 e. The molecule has 4 heteroatoms. The van der Waals surface area contributed by atoms with Crippen LogP contribution < -0.4 is 5.32 Å². The Balaban J connectivity index is 1.62. The number of rotatable bonds is 3. The summed E-state index contributed by atoms with van der Waals surface area (Å²) in [7, 11) is 0. The Morgan fingerprint density at radius 2 is 1.77 bits per heavy atom. The van der Waals surface area contributed by atoms with E-state index in [0.29, 0.717) is 22.5 Å². The third kappa shape index (κ3) is 3.65. The third-order valence-corrected chi connectivity index (χ3v) is 8.19. The maximum absolute atomic E-state index is 12.5. The van der Waals surface area contributed by atoms with Gasteiger partial charge < -0.3 is 5.32 Å². The molecule has 1 amide bonds. The van der Waals surface area contributed by atoms with E-state index in [0.717, 1.165) is 12.0 Å². The number of thioether (sulfide) groups is 2. The van der Waals surface area contributed by atoms with Gasteiger partial charge in [0.2, 0.25) is 0 Å². The van der Waals surface area contributed by atoms with Gasteiger partial charge in [-0.3, -0.25) is 4.79 Å². The molecule has 1 aliphatic heterocycles. The highest BCUT2D eigenvalue weighted by Gasteiger charge is 2.28. The van der Waals surface area contributed by atoms with Crippen LogP contribution in [-0.4, -0.2) is 23.5 Å². The van der Waals surface area contributed by atoms with Crippen LogP contribution in [0, 0.1) is 11.8 Å². The van der Waals surface area contributed by atoms with E-state index in [9.17, 15) is 4.79 Å². The molecule has 1 saturated heterocycles. The first-order valence-corrected chi connectivity index (χ1v) is 10.4. The van der Waals surface area contributed by atoms with Gasteiger partial charge in [0.15, 0.2) is 0 Å². The van der Waals surface area contributed by atoms with E-state index < -0.39 is 0 Å². The van der Waals surface area contributed by atoms with Crippen molar-refractivity contribution >= 4 is 29.4 Å². The molecule has 0 spiro atoms. The molecule has 3 atom stereocenters. The summed E-state index contributed by atoms with van der Waals surface area (Å²) in [5, 5.41) is 3.25. The largest absolute Gasteiger partial charge is 0.349 e. The number of amides is 1. The van der Waals surface area contributed by atoms with Gasteiger partial charge in [-0.1, -0.05) is 38.8 Å². The fourth-order valence-corrected chi connectivity index (χ4v) is 6.24. The van der Waals surface area contributed by atoms with Crippen LogP contribution in [0.4, 0.5) is 0 Å². The second-order valence-electron chi connectivity index (χ2n) is 6.54. The van der Waals surface area contributed by atoms with Crippen LogP contribution >= 0.6 is 23.5 Å². The highest BCUT2D eigenvalue weighted by molar-refractivity contribution is 8.19. The van der Waals surface area contributed by atoms with Crippen LogP contribution in [0.5, 0.6) is 0 Å². The summed E-state index contributed by atoms with van der Waals surface area (Å²) in [5.74, 6) is 3.83. The molecule has 1 aromatic rings. The maximum atomic E-state index is 12.5. The van der Waals surface area contributed by atoms with Crippen molar-refractivity contribution < 1.29 is 4.79 Å². The van der Waals surface area contributed by atoms with Crippen molar-refractivity contribution in [1.82, 2.24) is 5.32 Å². The minimum atomic E-state index is 0.0872. The number of carbonyl (C=O) groups excluding carboxylic acids is 1. The van der Waals surface area contributed by atoms with Crippen LogP contribution in [0.25, 0.3) is 0 Å². The van der Waals surface area contributed by atoms with Crippen LogP contribution in [-0.2, 0) is 0 Å². The van der Waals surface area contributed by atoms with E-state index >= 15 is 0 Å². The zero-order valence-corrected chi connectivity index (χ0v) is 15.0. The maximum Gasteiger partial charge on any atom is 0.251 e. The van der Waals surface area contributed by atoms with E-state index in [1.54, 1.807) is 0 Å². The minimum absolute atomic E-state index is 0.0872. The number of hydrogen-bond acceptors (Lipinski definition) is 3. The van der Waals surface area contributed by atoms with Crippen molar-refractivity contribution in [2.45, 2.75) is 43.7 Å². The molecular weight excluding hydrogens is 310 g/mol. The molecule has 1 N–H and O–H groups in total. The van der Waals surface area contributed by atoms with Gasteiger partial charge in [0.25, 0.3) is 5.91 Å². The molecule has 2 fully saturated rings. The van der Waals surface area contributed by atoms with Gasteiger partial charge in [-0.2, -0.15) is 0 Å². The average Bonchev–Trinajstić information content (AvgIpc) is 3.06. The number of hydrogen-bond donors (Lipinski definition) is 1. The SMILES string of the molecule is CC1CCCC(NC(=O)c2ccc(C3SCCS3)cc2)C1C. The quantitative estimate of drug-likeness (QED) is 0.866. The van der Waals surface area contributed by atoms with Gasteiger partial charge in [0.1, 0.15) is 0 Å². The molecule has 0 aromatic heterocycles. The van der Waals surface area contributed by atoms with Gasteiger partial charge in [0, 0.05) is 23.1 Å². The molecule has 22 heavy (non-hydrogen) atoms. The lowest BCUT2D eigenvalue weighted by Gasteiger charge is -2.34. The van der Waals surface area contributed by atoms with Crippen molar-refractivity contribution in [3.05, 3.63) is 35.4 Å². The second kappa shape index (κ2) is 7.31. The van der Waals surface area contributed by atoms with Crippen LogP contribution in [0.3, 0.4) is 0 Å². The molecule has 0 bridgehead atoms. The Morgan fingerprint density at radius 1 is 1.09 bits per heavy atom. The molecule has 0 radical (unpaired) electrons. The van der Waals surface area contributed by atoms with Crippen LogP contribution in [0.15, 0.2) is 24.3 Å². The molecule has 2 aliphatic rings. The van der Waals surface area contributed by atoms with Gasteiger partial charge in [-0.05, 0) is 36.0 Å². The third-order valence-electron chi connectivity index (χ3n) is 5.09. The van der Waals surface area contributed by atoms with E-state index in [4.69, 9.17) is 0 Å². The van der Waals surface area contributed by atoms with Gasteiger partial charge in [0.05, 0.1) is 4.58 Å². The number of carbonyl (C=O) groups is 1. The van der Waals surface area contributed by atoms with Gasteiger partial charge >= 0.3 is 0 Å². The van der Waals surface area contributed by atoms with E-state index in [-0.39, 0.29) is 5.91 Å². The van der Waals surface area contributed by atoms with Crippen molar-refractivity contribution in [3.8, 4) is 0 Å². The molecule has 1 aromatic carbocycles. The number of benzene rings is 1. The first kappa shape index (κ1) is 16.3. The first-order valence-electron chi connectivity index (χ1n) is 8.29. The molecule has 2 nitrogen and oxygen atoms in total. The predicted octanol–water partition coefficient (Wildman–Crippen LogP) is 4.72. The van der Waals surface area contributed by atoms with E-state index in [1.807, 2.05) is 35.7 Å². The Kier molecular flexibility index (Phi) is 5.40. The summed E-state index contributed by atoms with van der Waals surface area (Å²) < 4.78 is 0.552. The Labute approximate surface area is 142 Å². The number of nitrogens with one attached hydrogen (secondary N) is 1. The predicted molar refractivity (Wildman–Crippen MR) is 97.5 cm³/mol. The Hall–Kier alpha value is -0.610. The average molecular weight is 336 g/mol. The van der Waals surface area contributed by atoms with Crippen molar-refractivity contribution in [2.24, 2.45) is 11.8 Å². The fourth-order valence-electron chi connectivity index (χ4n) is 3.38. The normalized spacial score (nSPS) is 29.5. The lowest BCUT2D eigenvalue weighted by molar-refractivity contribution is 0.0891. The Bertz CT molecular complexity index is 510. The van der Waals surface area contributed by atoms with E-state index in [1.165, 1.54) is 29.9 Å². The second-order valence-corrected chi connectivity index (χ2v) is 9.27. The summed E-state index contributed by atoms with van der Waals surface area (Å²) in [6.45, 7) is 4.57. The monoisotopic (exact) mass is 335 g/mol. The molecule has 120 valence electrons. The summed E-state index contributed by atoms with van der Waals surface area (Å²) >= 11 is 4.00. The summed E-state index contributed by atoms with van der Waals surface area (Å²) in [6, 6.07) is 8.55. The van der Waals surface area contributed by atoms with Crippen LogP contribution in [0.2, 0.25) is 0 Å². The zero-order valence-electron chi connectivity index (χ0n) is 13.4. The molecule has 1 saturated carbocycles. The molecule has 3 rings (SSSR count). The van der Waals surface area contributed by atoms with Crippen molar-refractivity contribution in [1.29, 1.82) is 0 Å². The fraction of sp³-hybridized carbons (Fsp3) is 0.611. The van der Waals surface area contributed by atoms with Crippen molar-refractivity contribution in [2.75, 3.05) is 11.5 Å². The van der Waals surface area contributed by atoms with Crippen LogP contribution in [0.1, 0.15) is 53.6 Å². The standard InChI is InChI=1S/C18H25NOS2/c1-12-4-3-5-16(13(12)2)19-17(20)14-6-8-15(9-7-14)18-21-10-11-22-18/h6-9,12-13,16,18H,3-5,10-11H2,1-2H3,(H,19,20). The summed E-state index contributed by atoms with van der Waals surface area (Å²) in [5.41, 5.74) is 2.13.